The number of benzene rings is 4. The van der Waals surface area contributed by atoms with Gasteiger partial charge in [-0.15, -0.1) is 45.3 Å². The van der Waals surface area contributed by atoms with Crippen molar-refractivity contribution in [1.82, 2.24) is 19.9 Å². The van der Waals surface area contributed by atoms with E-state index in [2.05, 4.69) is 19.9 Å². The van der Waals surface area contributed by atoms with E-state index in [1.165, 1.54) is 36.4 Å². The summed E-state index contributed by atoms with van der Waals surface area (Å²) in [5.41, 5.74) is 1.94. The molecule has 0 aliphatic carbocycles. The second-order valence-electron chi connectivity index (χ2n) is 11.1. The van der Waals surface area contributed by atoms with Crippen LogP contribution in [0, 0.1) is 34.9 Å². The number of thiazole rings is 2. The van der Waals surface area contributed by atoms with E-state index in [0.29, 0.717) is 42.2 Å². The van der Waals surface area contributed by atoms with E-state index in [1.54, 1.807) is 24.3 Å². The molecule has 0 amide bonds. The second kappa shape index (κ2) is 10.7. The number of aromatic nitrogens is 4. The van der Waals surface area contributed by atoms with Crippen molar-refractivity contribution in [3.8, 4) is 41.3 Å². The predicted octanol–water partition coefficient (Wildman–Crippen LogP) is 12.0. The zero-order valence-electron chi connectivity index (χ0n) is 24.3. The van der Waals surface area contributed by atoms with Gasteiger partial charge in [0, 0.05) is 12.1 Å². The number of oxazole rings is 2. The molecule has 0 spiro atoms. The largest absolute Gasteiger partial charge is 0.435 e. The van der Waals surface area contributed by atoms with Crippen LogP contribution < -0.4 is 0 Å². The van der Waals surface area contributed by atoms with E-state index in [4.69, 9.17) is 8.83 Å². The van der Waals surface area contributed by atoms with Gasteiger partial charge < -0.3 is 8.83 Å². The first-order valence-electron chi connectivity index (χ1n) is 14.4. The molecule has 0 unspecified atom stereocenters. The van der Waals surface area contributed by atoms with Crippen LogP contribution in [0.1, 0.15) is 0 Å². The quantitative estimate of drug-likeness (QED) is 0.167. The van der Waals surface area contributed by atoms with Crippen molar-refractivity contribution in [1.29, 1.82) is 0 Å². The lowest BCUT2D eigenvalue weighted by Crippen LogP contribution is -1.81. The summed E-state index contributed by atoms with van der Waals surface area (Å²) in [5, 5.41) is 1.66. The van der Waals surface area contributed by atoms with Crippen molar-refractivity contribution in [2.45, 2.75) is 0 Å². The Morgan fingerprint density at radius 1 is 0.420 bits per heavy atom. The molecule has 6 nitrogen and oxygen atoms in total. The SMILES string of the molecule is Fc1ccc2sc(-c3sc(-c4nc5cc6cc7oc(-c8sc(-c9nc%10cc(F)ccc%10s9)c(F)c8F)nc7cc6cc5o4)c(F)c3F)nc2c1. The lowest BCUT2D eigenvalue weighted by molar-refractivity contribution is 0.515. The minimum Gasteiger partial charge on any atom is -0.435 e. The van der Waals surface area contributed by atoms with E-state index in [0.717, 1.165) is 45.3 Å². The fourth-order valence-corrected chi connectivity index (χ4v) is 9.62. The monoisotopic (exact) mass is 748 g/mol. The molecule has 0 fully saturated rings. The Hall–Kier alpha value is -5.16. The Morgan fingerprint density at radius 3 is 1.28 bits per heavy atom. The van der Waals surface area contributed by atoms with E-state index < -0.39 is 34.9 Å². The van der Waals surface area contributed by atoms with Crippen molar-refractivity contribution in [3.05, 3.63) is 95.6 Å². The van der Waals surface area contributed by atoms with E-state index in [1.807, 2.05) is 0 Å². The number of halogens is 6. The van der Waals surface area contributed by atoms with Crippen molar-refractivity contribution in [2.24, 2.45) is 0 Å². The van der Waals surface area contributed by atoms with Crippen LogP contribution in [-0.4, -0.2) is 19.9 Å². The van der Waals surface area contributed by atoms with Gasteiger partial charge in [-0.2, -0.15) is 0 Å². The van der Waals surface area contributed by atoms with Gasteiger partial charge in [0.25, 0.3) is 0 Å². The zero-order chi connectivity index (χ0) is 34.0. The molecule has 0 atom stereocenters. The van der Waals surface area contributed by atoms with Crippen LogP contribution in [0.2, 0.25) is 0 Å². The summed E-state index contributed by atoms with van der Waals surface area (Å²) in [6.07, 6.45) is 0. The molecule has 0 saturated carbocycles. The molecular formula is C34H10F6N4O2S4. The average molecular weight is 749 g/mol. The van der Waals surface area contributed by atoms with Gasteiger partial charge in [-0.25, -0.2) is 46.3 Å². The molecule has 0 aliphatic rings. The Labute approximate surface area is 289 Å². The number of hydrogen-bond donors (Lipinski definition) is 0. The van der Waals surface area contributed by atoms with Crippen LogP contribution in [-0.2, 0) is 0 Å². The molecule has 0 bridgehead atoms. The number of nitrogens with zero attached hydrogens (tertiary/aromatic N) is 4. The summed E-state index contributed by atoms with van der Waals surface area (Å²) in [5.74, 6) is -5.74. The molecule has 6 heterocycles. The molecule has 10 rings (SSSR count). The first-order chi connectivity index (χ1) is 24.2. The third-order valence-electron chi connectivity index (χ3n) is 7.92. The minimum atomic E-state index is -1.14. The Morgan fingerprint density at radius 2 is 0.840 bits per heavy atom. The molecule has 0 saturated heterocycles. The maximum Gasteiger partial charge on any atom is 0.240 e. The maximum atomic E-state index is 15.2. The molecule has 16 heteroatoms. The van der Waals surface area contributed by atoms with Crippen LogP contribution in [0.5, 0.6) is 0 Å². The molecule has 10 aromatic rings. The topological polar surface area (TPSA) is 77.8 Å². The van der Waals surface area contributed by atoms with Crippen molar-refractivity contribution in [3.63, 3.8) is 0 Å². The first-order valence-corrected chi connectivity index (χ1v) is 17.7. The Bertz CT molecular complexity index is 2780. The summed E-state index contributed by atoms with van der Waals surface area (Å²) in [7, 11) is 0. The zero-order valence-corrected chi connectivity index (χ0v) is 27.5. The Kier molecular flexibility index (Phi) is 6.34. The molecule has 6 aromatic heterocycles. The van der Waals surface area contributed by atoms with Crippen LogP contribution in [0.25, 0.3) is 94.7 Å². The van der Waals surface area contributed by atoms with E-state index in [9.17, 15) is 8.78 Å². The van der Waals surface area contributed by atoms with Gasteiger partial charge in [0.05, 0.1) is 20.4 Å². The molecule has 0 aliphatic heterocycles. The van der Waals surface area contributed by atoms with Crippen molar-refractivity contribution < 1.29 is 35.2 Å². The van der Waals surface area contributed by atoms with Crippen molar-refractivity contribution in [2.75, 3.05) is 0 Å². The highest BCUT2D eigenvalue weighted by atomic mass is 32.1. The van der Waals surface area contributed by atoms with Crippen LogP contribution in [0.15, 0.2) is 69.5 Å². The molecule has 50 heavy (non-hydrogen) atoms. The minimum absolute atomic E-state index is 0.0570. The normalized spacial score (nSPS) is 12.2. The summed E-state index contributed by atoms with van der Waals surface area (Å²) in [6, 6.07) is 14.7. The highest BCUT2D eigenvalue weighted by Crippen LogP contribution is 2.45. The number of hydrogen-bond acceptors (Lipinski definition) is 10. The van der Waals surface area contributed by atoms with Gasteiger partial charge in [0.15, 0.2) is 34.4 Å². The van der Waals surface area contributed by atoms with Gasteiger partial charge >= 0.3 is 0 Å². The van der Waals surface area contributed by atoms with E-state index >= 15 is 17.6 Å². The third-order valence-corrected chi connectivity index (χ3v) is 12.6. The van der Waals surface area contributed by atoms with E-state index in [-0.39, 0.29) is 52.5 Å². The molecular weight excluding hydrogens is 739 g/mol. The van der Waals surface area contributed by atoms with Gasteiger partial charge in [-0.05, 0) is 59.3 Å². The highest BCUT2D eigenvalue weighted by molar-refractivity contribution is 7.27. The van der Waals surface area contributed by atoms with Gasteiger partial charge in [0.2, 0.25) is 11.8 Å². The Balaban J connectivity index is 1.01. The first kappa shape index (κ1) is 29.7. The molecule has 244 valence electrons. The van der Waals surface area contributed by atoms with Gasteiger partial charge in [-0.3, -0.25) is 0 Å². The summed E-state index contributed by atoms with van der Waals surface area (Å²) < 4.78 is 101. The summed E-state index contributed by atoms with van der Waals surface area (Å²) >= 11 is 3.79. The van der Waals surface area contributed by atoms with Crippen LogP contribution >= 0.6 is 45.3 Å². The lowest BCUT2D eigenvalue weighted by atomic mass is 10.1. The number of thiophene rings is 2. The van der Waals surface area contributed by atoms with Gasteiger partial charge in [0.1, 0.15) is 52.2 Å². The van der Waals surface area contributed by atoms with Crippen LogP contribution in [0.3, 0.4) is 0 Å². The second-order valence-corrected chi connectivity index (χ2v) is 15.2. The predicted molar refractivity (Wildman–Crippen MR) is 183 cm³/mol. The van der Waals surface area contributed by atoms with Crippen molar-refractivity contribution >= 4 is 98.8 Å². The maximum absolute atomic E-state index is 15.2. The van der Waals surface area contributed by atoms with Crippen LogP contribution in [0.4, 0.5) is 26.3 Å². The molecule has 4 aromatic carbocycles. The fraction of sp³-hybridized carbons (Fsp3) is 0. The highest BCUT2D eigenvalue weighted by Gasteiger charge is 2.28. The summed E-state index contributed by atoms with van der Waals surface area (Å²) in [6.45, 7) is 0. The fourth-order valence-electron chi connectivity index (χ4n) is 5.62. The third kappa shape index (κ3) is 4.52. The standard InChI is InChI=1S/C34H10F6N4O2S4/c35-13-1-3-21-17(9-13)43-33(47-21)29-25(39)23(37)27(49-29)31-41-15-5-11-8-20-16(6-12(11)7-19(15)45-31)42-32(46-20)28-24(38)26(40)30(50-28)34-44-18-10-14(36)2-4-22(18)48-34/h1-10H. The summed E-state index contributed by atoms with van der Waals surface area (Å²) in [4.78, 5) is 16.9. The van der Waals surface area contributed by atoms with Gasteiger partial charge in [-0.1, -0.05) is 0 Å². The smallest absolute Gasteiger partial charge is 0.240 e. The number of rotatable bonds is 4. The number of fused-ring (bicyclic) bond motifs is 5. The molecule has 0 radical (unpaired) electrons. The lowest BCUT2D eigenvalue weighted by Gasteiger charge is -1.96. The average Bonchev–Trinajstić information content (AvgIpc) is 3.94. The molecule has 0 N–H and O–H groups in total.